The molecule has 1 aliphatic heterocycles. The van der Waals surface area contributed by atoms with Crippen molar-refractivity contribution in [2.45, 2.75) is 6.92 Å². The van der Waals surface area contributed by atoms with Gasteiger partial charge in [0.1, 0.15) is 11.4 Å². The largest absolute Gasteiger partial charge is 0.359 e. The highest BCUT2D eigenvalue weighted by molar-refractivity contribution is 6.45. The first-order valence-corrected chi connectivity index (χ1v) is 11.1. The number of aryl methyl sites for hydroxylation is 2. The Balaban J connectivity index is 1.35. The number of rotatable bonds is 4. The van der Waals surface area contributed by atoms with Crippen molar-refractivity contribution in [2.75, 3.05) is 26.2 Å². The number of carbonyl (C=O) groups excluding carboxylic acids is 3. The van der Waals surface area contributed by atoms with Crippen molar-refractivity contribution in [3.05, 3.63) is 71.7 Å². The molecule has 0 aliphatic carbocycles. The number of H-pyrrole nitrogens is 1. The number of amides is 2. The Labute approximate surface area is 196 Å². The lowest BCUT2D eigenvalue weighted by molar-refractivity contribution is -0.127. The quantitative estimate of drug-likeness (QED) is 0.375. The Morgan fingerprint density at radius 1 is 0.971 bits per heavy atom. The average molecular weight is 457 g/mol. The summed E-state index contributed by atoms with van der Waals surface area (Å²) in [6.07, 6.45) is 5.08. The fourth-order valence-corrected chi connectivity index (χ4v) is 4.36. The van der Waals surface area contributed by atoms with Gasteiger partial charge in [-0.2, -0.15) is 5.10 Å². The van der Waals surface area contributed by atoms with Gasteiger partial charge in [0.25, 0.3) is 17.6 Å². The summed E-state index contributed by atoms with van der Waals surface area (Å²) >= 11 is 0. The average Bonchev–Trinajstić information content (AvgIpc) is 3.51. The molecule has 0 radical (unpaired) electrons. The number of benzene rings is 1. The van der Waals surface area contributed by atoms with E-state index < -0.39 is 11.7 Å². The first-order valence-electron chi connectivity index (χ1n) is 11.1. The molecule has 34 heavy (non-hydrogen) atoms. The molecule has 1 N–H and O–H groups in total. The topological polar surface area (TPSA) is 104 Å². The molecule has 2 amide bonds. The number of aromatic nitrogens is 4. The Morgan fingerprint density at radius 3 is 2.35 bits per heavy atom. The summed E-state index contributed by atoms with van der Waals surface area (Å²) in [7, 11) is 1.82. The predicted octanol–water partition coefficient (Wildman–Crippen LogP) is 2.44. The van der Waals surface area contributed by atoms with E-state index in [0.717, 1.165) is 5.56 Å². The minimum atomic E-state index is -0.574. The number of hydrogen-bond donors (Lipinski definition) is 1. The van der Waals surface area contributed by atoms with Crippen LogP contribution < -0.4 is 0 Å². The highest BCUT2D eigenvalue weighted by Crippen LogP contribution is 2.30. The number of ketones is 1. The molecular weight excluding hydrogens is 432 g/mol. The Hall–Kier alpha value is -4.27. The van der Waals surface area contributed by atoms with Crippen LogP contribution in [-0.2, 0) is 11.8 Å². The fourth-order valence-electron chi connectivity index (χ4n) is 4.36. The van der Waals surface area contributed by atoms with Gasteiger partial charge in [-0.1, -0.05) is 18.2 Å². The van der Waals surface area contributed by atoms with Gasteiger partial charge in [0.2, 0.25) is 0 Å². The molecule has 4 aromatic rings. The minimum absolute atomic E-state index is 0.0687. The maximum Gasteiger partial charge on any atom is 0.295 e. The molecule has 1 aliphatic rings. The molecule has 172 valence electrons. The summed E-state index contributed by atoms with van der Waals surface area (Å²) in [5.74, 6) is -1.21. The number of piperazine rings is 1. The first kappa shape index (κ1) is 21.6. The number of nitrogens with zero attached hydrogens (tertiary/aromatic N) is 5. The standard InChI is InChI=1S/C25H24N6O3/c1-16-14-26-21(19-8-9-29(2)28-19)22-20(16)18(15-27-22)23(32)25(34)31-12-10-30(11-13-31)24(33)17-6-4-3-5-7-17/h3-9,14-15,27H,10-13H2,1-2H3. The van der Waals surface area contributed by atoms with Crippen LogP contribution in [0.25, 0.3) is 22.3 Å². The van der Waals surface area contributed by atoms with Gasteiger partial charge in [-0.15, -0.1) is 0 Å². The van der Waals surface area contributed by atoms with Crippen molar-refractivity contribution < 1.29 is 14.4 Å². The van der Waals surface area contributed by atoms with E-state index in [1.54, 1.807) is 34.1 Å². The van der Waals surface area contributed by atoms with E-state index in [-0.39, 0.29) is 5.91 Å². The van der Waals surface area contributed by atoms with Crippen molar-refractivity contribution in [1.82, 2.24) is 29.5 Å². The van der Waals surface area contributed by atoms with Gasteiger partial charge in [-0.05, 0) is 30.7 Å². The third kappa shape index (κ3) is 3.75. The third-order valence-electron chi connectivity index (χ3n) is 6.17. The minimum Gasteiger partial charge on any atom is -0.359 e. The number of carbonyl (C=O) groups is 3. The highest BCUT2D eigenvalue weighted by Gasteiger charge is 2.31. The van der Waals surface area contributed by atoms with Crippen LogP contribution in [0.3, 0.4) is 0 Å². The van der Waals surface area contributed by atoms with E-state index in [2.05, 4.69) is 15.1 Å². The van der Waals surface area contributed by atoms with E-state index in [4.69, 9.17) is 0 Å². The molecule has 9 nitrogen and oxygen atoms in total. The number of aromatic amines is 1. The van der Waals surface area contributed by atoms with Gasteiger partial charge in [-0.25, -0.2) is 0 Å². The van der Waals surface area contributed by atoms with Gasteiger partial charge in [0.15, 0.2) is 0 Å². The monoisotopic (exact) mass is 456 g/mol. The summed E-state index contributed by atoms with van der Waals surface area (Å²) in [6, 6.07) is 10.9. The van der Waals surface area contributed by atoms with E-state index in [1.165, 1.54) is 4.90 Å². The molecule has 0 unspecified atom stereocenters. The SMILES string of the molecule is Cc1cnc(-c2ccn(C)n2)c2[nH]cc(C(=O)C(=O)N3CCN(C(=O)c4ccccc4)CC3)c12. The first-order chi connectivity index (χ1) is 16.4. The van der Waals surface area contributed by atoms with Crippen LogP contribution in [0.1, 0.15) is 26.3 Å². The van der Waals surface area contributed by atoms with E-state index in [0.29, 0.717) is 59.6 Å². The van der Waals surface area contributed by atoms with E-state index in [9.17, 15) is 14.4 Å². The molecule has 0 saturated carbocycles. The summed E-state index contributed by atoms with van der Waals surface area (Å²) in [6.45, 7) is 3.25. The third-order valence-corrected chi connectivity index (χ3v) is 6.17. The van der Waals surface area contributed by atoms with Crippen LogP contribution in [-0.4, -0.2) is 73.3 Å². The summed E-state index contributed by atoms with van der Waals surface area (Å²) in [5, 5.41) is 5.08. The van der Waals surface area contributed by atoms with Crippen molar-refractivity contribution in [3.8, 4) is 11.4 Å². The molecule has 1 aromatic carbocycles. The molecular formula is C25H24N6O3. The van der Waals surface area contributed by atoms with Crippen LogP contribution in [0.2, 0.25) is 0 Å². The Kier molecular flexibility index (Phi) is 5.45. The molecule has 0 atom stereocenters. The summed E-state index contributed by atoms with van der Waals surface area (Å²) in [4.78, 5) is 49.8. The number of Topliss-reactive ketones (excluding diaryl/α,β-unsaturated/α-hetero) is 1. The lowest BCUT2D eigenvalue weighted by atomic mass is 10.0. The number of hydrogen-bond acceptors (Lipinski definition) is 5. The lowest BCUT2D eigenvalue weighted by Crippen LogP contribution is -2.52. The molecule has 5 rings (SSSR count). The molecule has 1 saturated heterocycles. The predicted molar refractivity (Wildman–Crippen MR) is 126 cm³/mol. The second kappa shape index (κ2) is 8.58. The van der Waals surface area contributed by atoms with Crippen molar-refractivity contribution in [2.24, 2.45) is 7.05 Å². The molecule has 0 bridgehead atoms. The molecule has 0 spiro atoms. The maximum absolute atomic E-state index is 13.2. The van der Waals surface area contributed by atoms with Crippen LogP contribution >= 0.6 is 0 Å². The molecule has 3 aromatic heterocycles. The normalized spacial score (nSPS) is 13.9. The molecule has 1 fully saturated rings. The van der Waals surface area contributed by atoms with Crippen LogP contribution in [0, 0.1) is 6.92 Å². The molecule has 9 heteroatoms. The van der Waals surface area contributed by atoms with Crippen LogP contribution in [0.15, 0.2) is 55.0 Å². The highest BCUT2D eigenvalue weighted by atomic mass is 16.2. The van der Waals surface area contributed by atoms with Gasteiger partial charge in [0, 0.05) is 62.8 Å². The zero-order chi connectivity index (χ0) is 23.8. The second-order valence-corrected chi connectivity index (χ2v) is 8.40. The van der Waals surface area contributed by atoms with Crippen LogP contribution in [0.5, 0.6) is 0 Å². The Bertz CT molecular complexity index is 1400. The van der Waals surface area contributed by atoms with Gasteiger partial charge >= 0.3 is 0 Å². The van der Waals surface area contributed by atoms with Crippen molar-refractivity contribution in [1.29, 1.82) is 0 Å². The zero-order valence-electron chi connectivity index (χ0n) is 19.0. The lowest BCUT2D eigenvalue weighted by Gasteiger charge is -2.34. The number of pyridine rings is 1. The van der Waals surface area contributed by atoms with Gasteiger partial charge < -0.3 is 14.8 Å². The molecule has 4 heterocycles. The van der Waals surface area contributed by atoms with Gasteiger partial charge in [0.05, 0.1) is 11.1 Å². The smallest absolute Gasteiger partial charge is 0.295 e. The van der Waals surface area contributed by atoms with Gasteiger partial charge in [-0.3, -0.25) is 24.0 Å². The summed E-state index contributed by atoms with van der Waals surface area (Å²) < 4.78 is 1.68. The number of fused-ring (bicyclic) bond motifs is 1. The maximum atomic E-state index is 13.2. The van der Waals surface area contributed by atoms with Crippen molar-refractivity contribution in [3.63, 3.8) is 0 Å². The van der Waals surface area contributed by atoms with Crippen LogP contribution in [0.4, 0.5) is 0 Å². The van der Waals surface area contributed by atoms with E-state index in [1.807, 2.05) is 44.4 Å². The second-order valence-electron chi connectivity index (χ2n) is 8.40. The number of nitrogens with one attached hydrogen (secondary N) is 1. The summed E-state index contributed by atoms with van der Waals surface area (Å²) in [5.41, 5.74) is 3.71. The zero-order valence-corrected chi connectivity index (χ0v) is 19.0. The van der Waals surface area contributed by atoms with Crippen molar-refractivity contribution >= 4 is 28.5 Å². The van der Waals surface area contributed by atoms with E-state index >= 15 is 0 Å². The fraction of sp³-hybridized carbons (Fsp3) is 0.240. The Morgan fingerprint density at radius 2 is 1.68 bits per heavy atom.